The number of hydrogen-bond donors (Lipinski definition) is 2. The van der Waals surface area contributed by atoms with E-state index in [1.165, 1.54) is 31.4 Å². The highest BCUT2D eigenvalue weighted by atomic mass is 19.4. The lowest BCUT2D eigenvalue weighted by atomic mass is 10.1. The second-order valence-corrected chi connectivity index (χ2v) is 7.73. The number of nitrogens with one attached hydrogen (secondary N) is 1. The number of benzene rings is 2. The summed E-state index contributed by atoms with van der Waals surface area (Å²) in [6.45, 7) is 3.52. The van der Waals surface area contributed by atoms with E-state index in [1.807, 2.05) is 24.3 Å². The minimum absolute atomic E-state index is 0.136. The summed E-state index contributed by atoms with van der Waals surface area (Å²) in [6.07, 6.45) is -1.25. The Bertz CT molecular complexity index is 775. The third-order valence-electron chi connectivity index (χ3n) is 5.25. The largest absolute Gasteiger partial charge is 0.491 e. The zero-order valence-corrected chi connectivity index (χ0v) is 17.0. The summed E-state index contributed by atoms with van der Waals surface area (Å²) in [6, 6.07) is 13.0. The minimum Gasteiger partial charge on any atom is -0.491 e. The number of likely N-dealkylation sites (tertiary alicyclic amines) is 1. The lowest BCUT2D eigenvalue weighted by molar-refractivity contribution is -0.138. The van der Waals surface area contributed by atoms with Gasteiger partial charge in [0.25, 0.3) is 0 Å². The smallest absolute Gasteiger partial charge is 0.416 e. The van der Waals surface area contributed by atoms with Crippen molar-refractivity contribution in [3.63, 3.8) is 0 Å². The average molecular weight is 422 g/mol. The van der Waals surface area contributed by atoms with E-state index < -0.39 is 17.8 Å². The van der Waals surface area contributed by atoms with Crippen molar-refractivity contribution in [2.75, 3.05) is 26.2 Å². The molecule has 164 valence electrons. The highest BCUT2D eigenvalue weighted by Gasteiger charge is 2.32. The molecule has 0 saturated carbocycles. The molecule has 2 N–H and O–H groups in total. The maximum atomic E-state index is 13.0. The fourth-order valence-corrected chi connectivity index (χ4v) is 3.68. The number of hydrogen-bond acceptors (Lipinski definition) is 4. The molecular weight excluding hydrogens is 393 g/mol. The van der Waals surface area contributed by atoms with Crippen LogP contribution in [0, 0.1) is 0 Å². The number of ether oxygens (including phenoxy) is 1. The fourth-order valence-electron chi connectivity index (χ4n) is 3.68. The average Bonchev–Trinajstić information content (AvgIpc) is 2.73. The molecule has 1 atom stereocenters. The van der Waals surface area contributed by atoms with Crippen LogP contribution in [-0.2, 0) is 19.3 Å². The molecule has 0 aliphatic carbocycles. The predicted molar refractivity (Wildman–Crippen MR) is 110 cm³/mol. The molecule has 0 radical (unpaired) electrons. The Balaban J connectivity index is 1.41. The molecule has 7 heteroatoms. The van der Waals surface area contributed by atoms with Crippen molar-refractivity contribution in [3.05, 3.63) is 65.2 Å². The lowest BCUT2D eigenvalue weighted by Gasteiger charge is -2.28. The van der Waals surface area contributed by atoms with Crippen molar-refractivity contribution < 1.29 is 23.0 Å². The lowest BCUT2D eigenvalue weighted by Crippen LogP contribution is -2.38. The number of β-amino-alcohol motifs (C(OH)–C–C–N with tert-alkyl or cyclic N) is 1. The van der Waals surface area contributed by atoms with Gasteiger partial charge in [-0.2, -0.15) is 13.2 Å². The van der Waals surface area contributed by atoms with Gasteiger partial charge in [-0.3, -0.25) is 0 Å². The van der Waals surface area contributed by atoms with Crippen LogP contribution >= 0.6 is 0 Å². The standard InChI is InChI=1S/C23H29F3N2O2/c24-23(25,26)22-7-3-2-6-19(22)15-27-14-18-8-10-21(11-9-18)30-17-20(29)16-28-12-4-1-5-13-28/h2-3,6-11,20,27,29H,1,4-5,12-17H2. The van der Waals surface area contributed by atoms with Crippen molar-refractivity contribution in [3.8, 4) is 5.75 Å². The molecule has 1 unspecified atom stereocenters. The van der Waals surface area contributed by atoms with Gasteiger partial charge < -0.3 is 20.1 Å². The van der Waals surface area contributed by atoms with Crippen LogP contribution in [0.15, 0.2) is 48.5 Å². The van der Waals surface area contributed by atoms with Gasteiger partial charge in [-0.25, -0.2) is 0 Å². The third kappa shape index (κ3) is 7.00. The van der Waals surface area contributed by atoms with Crippen molar-refractivity contribution in [2.24, 2.45) is 0 Å². The van der Waals surface area contributed by atoms with E-state index in [1.54, 1.807) is 6.07 Å². The Kier molecular flexibility index (Phi) is 8.13. The Hall–Kier alpha value is -2.09. The zero-order chi connectivity index (χ0) is 21.4. The molecule has 1 saturated heterocycles. The van der Waals surface area contributed by atoms with Crippen molar-refractivity contribution in [2.45, 2.75) is 44.6 Å². The van der Waals surface area contributed by atoms with Crippen LogP contribution in [0.2, 0.25) is 0 Å². The molecule has 1 aliphatic heterocycles. The predicted octanol–water partition coefficient (Wildman–Crippen LogP) is 4.22. The van der Waals surface area contributed by atoms with Crippen LogP contribution in [0.3, 0.4) is 0 Å². The van der Waals surface area contributed by atoms with Gasteiger partial charge in [0.2, 0.25) is 0 Å². The summed E-state index contributed by atoms with van der Waals surface area (Å²) in [7, 11) is 0. The first-order chi connectivity index (χ1) is 14.4. The fraction of sp³-hybridized carbons (Fsp3) is 0.478. The monoisotopic (exact) mass is 422 g/mol. The van der Waals surface area contributed by atoms with Gasteiger partial charge >= 0.3 is 6.18 Å². The van der Waals surface area contributed by atoms with Crippen LogP contribution in [0.1, 0.15) is 36.0 Å². The first kappa shape index (κ1) is 22.6. The summed E-state index contributed by atoms with van der Waals surface area (Å²) in [4.78, 5) is 2.27. The number of rotatable bonds is 9. The summed E-state index contributed by atoms with van der Waals surface area (Å²) in [5.74, 6) is 0.666. The molecule has 1 aliphatic rings. The molecule has 1 fully saturated rings. The van der Waals surface area contributed by atoms with Gasteiger partial charge in [0.15, 0.2) is 0 Å². The summed E-state index contributed by atoms with van der Waals surface area (Å²) >= 11 is 0. The maximum absolute atomic E-state index is 13.0. The van der Waals surface area contributed by atoms with Gasteiger partial charge in [0, 0.05) is 19.6 Å². The molecule has 2 aromatic carbocycles. The SMILES string of the molecule is OC(COc1ccc(CNCc2ccccc2C(F)(F)F)cc1)CN1CCCCC1. The normalized spacial score (nSPS) is 16.4. The van der Waals surface area contributed by atoms with E-state index in [0.717, 1.165) is 24.7 Å². The van der Waals surface area contributed by atoms with Crippen LogP contribution in [0.4, 0.5) is 13.2 Å². The molecule has 0 amide bonds. The second kappa shape index (κ2) is 10.8. The van der Waals surface area contributed by atoms with E-state index in [4.69, 9.17) is 4.74 Å². The van der Waals surface area contributed by atoms with Crippen LogP contribution in [0.5, 0.6) is 5.75 Å². The van der Waals surface area contributed by atoms with Crippen molar-refractivity contribution >= 4 is 0 Å². The summed E-state index contributed by atoms with van der Waals surface area (Å²) < 4.78 is 44.8. The Morgan fingerprint density at radius 1 is 0.967 bits per heavy atom. The van der Waals surface area contributed by atoms with E-state index in [9.17, 15) is 18.3 Å². The number of piperidine rings is 1. The molecule has 1 heterocycles. The molecule has 4 nitrogen and oxygen atoms in total. The van der Waals surface area contributed by atoms with Gasteiger partial charge in [-0.15, -0.1) is 0 Å². The van der Waals surface area contributed by atoms with Crippen molar-refractivity contribution in [1.29, 1.82) is 0 Å². The van der Waals surface area contributed by atoms with Crippen LogP contribution < -0.4 is 10.1 Å². The first-order valence-electron chi connectivity index (χ1n) is 10.4. The number of halogens is 3. The van der Waals surface area contributed by atoms with Gasteiger partial charge in [-0.1, -0.05) is 36.8 Å². The number of aliphatic hydroxyl groups is 1. The molecule has 0 spiro atoms. The summed E-state index contributed by atoms with van der Waals surface area (Å²) in [5.41, 5.74) is 0.567. The first-order valence-corrected chi connectivity index (χ1v) is 10.4. The summed E-state index contributed by atoms with van der Waals surface area (Å²) in [5, 5.41) is 13.2. The topological polar surface area (TPSA) is 44.7 Å². The molecule has 0 bridgehead atoms. The molecule has 3 rings (SSSR count). The van der Waals surface area contributed by atoms with Gasteiger partial charge in [0.05, 0.1) is 5.56 Å². The Morgan fingerprint density at radius 2 is 1.67 bits per heavy atom. The van der Waals surface area contributed by atoms with Gasteiger partial charge in [-0.05, 0) is 55.3 Å². The van der Waals surface area contributed by atoms with Crippen LogP contribution in [-0.4, -0.2) is 42.4 Å². The highest BCUT2D eigenvalue weighted by molar-refractivity contribution is 5.30. The zero-order valence-electron chi connectivity index (χ0n) is 17.0. The van der Waals surface area contributed by atoms with Gasteiger partial charge in [0.1, 0.15) is 18.5 Å². The van der Waals surface area contributed by atoms with E-state index in [-0.39, 0.29) is 18.7 Å². The van der Waals surface area contributed by atoms with Crippen LogP contribution in [0.25, 0.3) is 0 Å². The Morgan fingerprint density at radius 3 is 2.37 bits per heavy atom. The second-order valence-electron chi connectivity index (χ2n) is 7.73. The molecular formula is C23H29F3N2O2. The van der Waals surface area contributed by atoms with E-state index >= 15 is 0 Å². The number of aliphatic hydroxyl groups excluding tert-OH is 1. The Labute approximate surface area is 175 Å². The number of alkyl halides is 3. The quantitative estimate of drug-likeness (QED) is 0.635. The van der Waals surface area contributed by atoms with Crippen molar-refractivity contribution in [1.82, 2.24) is 10.2 Å². The van der Waals surface area contributed by atoms with E-state index in [0.29, 0.717) is 18.8 Å². The molecule has 30 heavy (non-hydrogen) atoms. The van der Waals surface area contributed by atoms with E-state index in [2.05, 4.69) is 10.2 Å². The molecule has 0 aromatic heterocycles. The third-order valence-corrected chi connectivity index (χ3v) is 5.25. The minimum atomic E-state index is -4.35. The maximum Gasteiger partial charge on any atom is 0.416 e. The molecule has 2 aromatic rings. The number of nitrogens with zero attached hydrogens (tertiary/aromatic N) is 1. The highest BCUT2D eigenvalue weighted by Crippen LogP contribution is 2.31.